The molecule has 31 heavy (non-hydrogen) atoms. The normalized spacial score (nSPS) is 13.5. The summed E-state index contributed by atoms with van der Waals surface area (Å²) in [6, 6.07) is 11.1. The van der Waals surface area contributed by atoms with E-state index >= 15 is 0 Å². The predicted octanol–water partition coefficient (Wildman–Crippen LogP) is 4.69. The highest BCUT2D eigenvalue weighted by molar-refractivity contribution is 9.10. The highest BCUT2D eigenvalue weighted by Crippen LogP contribution is 2.37. The second kappa shape index (κ2) is 9.43. The first-order valence-corrected chi connectivity index (χ1v) is 10.8. The maximum atomic E-state index is 12.5. The standard InChI is InChI=1S/C23H23BrN2O5/c1-14(17-11-19-20(12-18(17)24)30-10-9-29-19)26-22(27)7-8-23-25-13-21(31-23)15-3-5-16(28-2)6-4-15/h3-6,11-14H,7-10H2,1-2H3,(H,26,27). The van der Waals surface area contributed by atoms with Gasteiger partial charge in [0.1, 0.15) is 19.0 Å². The quantitative estimate of drug-likeness (QED) is 0.521. The third-order valence-electron chi connectivity index (χ3n) is 5.00. The van der Waals surface area contributed by atoms with Crippen LogP contribution in [0.1, 0.15) is 30.8 Å². The summed E-state index contributed by atoms with van der Waals surface area (Å²) in [7, 11) is 1.62. The number of hydrogen-bond acceptors (Lipinski definition) is 6. The molecule has 7 nitrogen and oxygen atoms in total. The summed E-state index contributed by atoms with van der Waals surface area (Å²) in [6.45, 7) is 2.98. The van der Waals surface area contributed by atoms with Crippen LogP contribution in [0.3, 0.4) is 0 Å². The molecular weight excluding hydrogens is 464 g/mol. The van der Waals surface area contributed by atoms with Crippen molar-refractivity contribution in [2.24, 2.45) is 0 Å². The predicted molar refractivity (Wildman–Crippen MR) is 119 cm³/mol. The zero-order chi connectivity index (χ0) is 21.8. The van der Waals surface area contributed by atoms with Gasteiger partial charge in [-0.25, -0.2) is 4.98 Å². The lowest BCUT2D eigenvalue weighted by Gasteiger charge is -2.22. The van der Waals surface area contributed by atoms with E-state index < -0.39 is 0 Å². The van der Waals surface area contributed by atoms with Gasteiger partial charge in [0.2, 0.25) is 5.91 Å². The average molecular weight is 487 g/mol. The Balaban J connectivity index is 1.34. The lowest BCUT2D eigenvalue weighted by atomic mass is 10.1. The molecule has 0 bridgehead atoms. The van der Waals surface area contributed by atoms with Crippen molar-refractivity contribution in [1.82, 2.24) is 10.3 Å². The number of fused-ring (bicyclic) bond motifs is 1. The Morgan fingerprint density at radius 3 is 2.61 bits per heavy atom. The molecule has 4 rings (SSSR count). The summed E-state index contributed by atoms with van der Waals surface area (Å²) < 4.78 is 23.1. The number of hydrogen-bond donors (Lipinski definition) is 1. The van der Waals surface area contributed by atoms with Crippen molar-refractivity contribution in [3.63, 3.8) is 0 Å². The Bertz CT molecular complexity index is 1060. The van der Waals surface area contributed by atoms with E-state index in [2.05, 4.69) is 26.2 Å². The number of carbonyl (C=O) groups excluding carboxylic acids is 1. The minimum absolute atomic E-state index is 0.0847. The number of carbonyl (C=O) groups is 1. The number of methoxy groups -OCH3 is 1. The van der Waals surface area contributed by atoms with Crippen molar-refractivity contribution in [3.05, 3.63) is 58.5 Å². The topological polar surface area (TPSA) is 82.8 Å². The number of amides is 1. The fraction of sp³-hybridized carbons (Fsp3) is 0.304. The van der Waals surface area contributed by atoms with Gasteiger partial charge in [-0.3, -0.25) is 4.79 Å². The molecule has 1 unspecified atom stereocenters. The van der Waals surface area contributed by atoms with Gasteiger partial charge in [-0.2, -0.15) is 0 Å². The monoisotopic (exact) mass is 486 g/mol. The number of nitrogens with one attached hydrogen (secondary N) is 1. The van der Waals surface area contributed by atoms with E-state index in [-0.39, 0.29) is 18.4 Å². The molecule has 1 amide bonds. The van der Waals surface area contributed by atoms with Crippen LogP contribution in [0.5, 0.6) is 17.2 Å². The number of aryl methyl sites for hydroxylation is 1. The molecular formula is C23H23BrN2O5. The maximum Gasteiger partial charge on any atom is 0.220 e. The minimum Gasteiger partial charge on any atom is -0.497 e. The summed E-state index contributed by atoms with van der Waals surface area (Å²) in [5.74, 6) is 3.27. The number of halogens is 1. The highest BCUT2D eigenvalue weighted by Gasteiger charge is 2.19. The van der Waals surface area contributed by atoms with Crippen LogP contribution in [0.15, 0.2) is 51.5 Å². The number of oxazole rings is 1. The van der Waals surface area contributed by atoms with E-state index in [1.54, 1.807) is 13.3 Å². The molecule has 0 spiro atoms. The summed E-state index contributed by atoms with van der Waals surface area (Å²) in [4.78, 5) is 16.8. The van der Waals surface area contributed by atoms with Gasteiger partial charge in [-0.1, -0.05) is 15.9 Å². The van der Waals surface area contributed by atoms with Gasteiger partial charge in [0.05, 0.1) is 19.3 Å². The zero-order valence-electron chi connectivity index (χ0n) is 17.3. The van der Waals surface area contributed by atoms with Crippen LogP contribution in [0.25, 0.3) is 11.3 Å². The lowest BCUT2D eigenvalue weighted by molar-refractivity contribution is -0.121. The number of rotatable bonds is 7. The smallest absolute Gasteiger partial charge is 0.220 e. The van der Waals surface area contributed by atoms with Crippen LogP contribution in [-0.4, -0.2) is 31.2 Å². The molecule has 1 aliphatic heterocycles. The van der Waals surface area contributed by atoms with Crippen molar-refractivity contribution < 1.29 is 23.4 Å². The van der Waals surface area contributed by atoms with E-state index in [1.807, 2.05) is 43.3 Å². The Hall–Kier alpha value is -3.00. The molecule has 0 fully saturated rings. The summed E-state index contributed by atoms with van der Waals surface area (Å²) >= 11 is 3.56. The third-order valence-corrected chi connectivity index (χ3v) is 5.69. The van der Waals surface area contributed by atoms with Gasteiger partial charge in [-0.15, -0.1) is 0 Å². The van der Waals surface area contributed by atoms with Gasteiger partial charge in [0.25, 0.3) is 0 Å². The Morgan fingerprint density at radius 1 is 1.19 bits per heavy atom. The van der Waals surface area contributed by atoms with Gasteiger partial charge in [0, 0.05) is 22.9 Å². The summed E-state index contributed by atoms with van der Waals surface area (Å²) in [5.41, 5.74) is 1.83. The van der Waals surface area contributed by atoms with Gasteiger partial charge in [0.15, 0.2) is 23.1 Å². The van der Waals surface area contributed by atoms with Crippen LogP contribution in [0, 0.1) is 0 Å². The molecule has 1 atom stereocenters. The van der Waals surface area contributed by atoms with Crippen LogP contribution >= 0.6 is 15.9 Å². The van der Waals surface area contributed by atoms with Crippen LogP contribution in [-0.2, 0) is 11.2 Å². The van der Waals surface area contributed by atoms with Crippen molar-refractivity contribution in [3.8, 4) is 28.6 Å². The zero-order valence-corrected chi connectivity index (χ0v) is 18.9. The first-order valence-electron chi connectivity index (χ1n) is 10.0. The molecule has 1 N–H and O–H groups in total. The molecule has 0 saturated carbocycles. The second-order valence-corrected chi connectivity index (χ2v) is 8.01. The first kappa shape index (κ1) is 21.2. The van der Waals surface area contributed by atoms with Crippen LogP contribution in [0.2, 0.25) is 0 Å². The first-order chi connectivity index (χ1) is 15.0. The molecule has 8 heteroatoms. The van der Waals surface area contributed by atoms with Crippen molar-refractivity contribution in [1.29, 1.82) is 0 Å². The molecule has 1 aromatic heterocycles. The molecule has 3 aromatic rings. The summed E-state index contributed by atoms with van der Waals surface area (Å²) in [5, 5.41) is 3.02. The van der Waals surface area contributed by atoms with E-state index in [9.17, 15) is 4.79 Å². The third kappa shape index (κ3) is 5.02. The summed E-state index contributed by atoms with van der Waals surface area (Å²) in [6.07, 6.45) is 2.36. The largest absolute Gasteiger partial charge is 0.497 e. The number of ether oxygens (including phenoxy) is 3. The van der Waals surface area contributed by atoms with Crippen molar-refractivity contribution in [2.75, 3.05) is 20.3 Å². The van der Waals surface area contributed by atoms with Crippen LogP contribution in [0.4, 0.5) is 0 Å². The van der Waals surface area contributed by atoms with E-state index in [0.717, 1.165) is 21.3 Å². The molecule has 162 valence electrons. The van der Waals surface area contributed by atoms with Gasteiger partial charge >= 0.3 is 0 Å². The fourth-order valence-corrected chi connectivity index (χ4v) is 4.00. The number of nitrogens with zero attached hydrogens (tertiary/aromatic N) is 1. The van der Waals surface area contributed by atoms with Gasteiger partial charge in [-0.05, 0) is 48.9 Å². The van der Waals surface area contributed by atoms with E-state index in [4.69, 9.17) is 18.6 Å². The maximum absolute atomic E-state index is 12.5. The van der Waals surface area contributed by atoms with Crippen molar-refractivity contribution in [2.45, 2.75) is 25.8 Å². The fourth-order valence-electron chi connectivity index (χ4n) is 3.34. The number of aromatic nitrogens is 1. The molecule has 2 aromatic carbocycles. The Labute approximate surface area is 188 Å². The molecule has 1 aliphatic rings. The van der Waals surface area contributed by atoms with E-state index in [0.29, 0.717) is 42.8 Å². The average Bonchev–Trinajstić information content (AvgIpc) is 3.26. The Kier molecular flexibility index (Phi) is 6.46. The highest BCUT2D eigenvalue weighted by atomic mass is 79.9. The Morgan fingerprint density at radius 2 is 1.90 bits per heavy atom. The van der Waals surface area contributed by atoms with Crippen LogP contribution < -0.4 is 19.5 Å². The lowest BCUT2D eigenvalue weighted by Crippen LogP contribution is -2.27. The van der Waals surface area contributed by atoms with Crippen molar-refractivity contribution >= 4 is 21.8 Å². The number of benzene rings is 2. The minimum atomic E-state index is -0.197. The molecule has 2 heterocycles. The van der Waals surface area contributed by atoms with Gasteiger partial charge < -0.3 is 23.9 Å². The molecule has 0 saturated heterocycles. The SMILES string of the molecule is COc1ccc(-c2cnc(CCC(=O)NC(C)c3cc4c(cc3Br)OCCO4)o2)cc1. The second-order valence-electron chi connectivity index (χ2n) is 7.15. The van der Waals surface area contributed by atoms with E-state index in [1.165, 1.54) is 0 Å². The molecule has 0 radical (unpaired) electrons. The molecule has 0 aliphatic carbocycles.